The van der Waals surface area contributed by atoms with Gasteiger partial charge in [-0.05, 0) is 38.0 Å². The summed E-state index contributed by atoms with van der Waals surface area (Å²) in [5, 5.41) is 10.5. The van der Waals surface area contributed by atoms with Crippen molar-refractivity contribution in [3.05, 3.63) is 41.5 Å². The standard InChI is InChI=1S/C28H43N5O7/c1-7-13-39-14-10-23(34)33-24(17(2)3)27(37)31-19(6)25(35)32-21-9-8-20(16-40-28(38)18(4)5)22(15-21)26(36)30-12-11-29/h8-9,15,18-19,24H,2,7,10-14,16,29H2,1,3-6H3,(H,30,36)(H,31,37)(H,32,35)(H,33,34)/t19-,24-/m0/s1. The number of anilines is 1. The van der Waals surface area contributed by atoms with Crippen molar-refractivity contribution >= 4 is 35.3 Å². The number of nitrogens with one attached hydrogen (secondary N) is 4. The summed E-state index contributed by atoms with van der Waals surface area (Å²) in [4.78, 5) is 62.5. The number of benzene rings is 1. The maximum absolute atomic E-state index is 12.9. The monoisotopic (exact) mass is 561 g/mol. The van der Waals surface area contributed by atoms with Gasteiger partial charge >= 0.3 is 5.97 Å². The molecular weight excluding hydrogens is 518 g/mol. The van der Waals surface area contributed by atoms with Crippen LogP contribution in [0.2, 0.25) is 0 Å². The van der Waals surface area contributed by atoms with E-state index in [9.17, 15) is 24.0 Å². The Morgan fingerprint density at radius 2 is 1.73 bits per heavy atom. The van der Waals surface area contributed by atoms with Gasteiger partial charge in [0.25, 0.3) is 5.91 Å². The quantitative estimate of drug-likeness (QED) is 0.108. The van der Waals surface area contributed by atoms with E-state index in [1.165, 1.54) is 13.0 Å². The van der Waals surface area contributed by atoms with E-state index in [4.69, 9.17) is 15.2 Å². The van der Waals surface area contributed by atoms with E-state index in [0.29, 0.717) is 23.4 Å². The van der Waals surface area contributed by atoms with Gasteiger partial charge in [0.1, 0.15) is 18.7 Å². The molecule has 222 valence electrons. The number of hydrogen-bond acceptors (Lipinski definition) is 8. The summed E-state index contributed by atoms with van der Waals surface area (Å²) < 4.78 is 10.6. The lowest BCUT2D eigenvalue weighted by Crippen LogP contribution is -2.52. The number of carbonyl (C=O) groups excluding carboxylic acids is 5. The molecule has 2 atom stereocenters. The van der Waals surface area contributed by atoms with Crippen LogP contribution in [0.1, 0.15) is 63.4 Å². The third-order valence-electron chi connectivity index (χ3n) is 5.53. The summed E-state index contributed by atoms with van der Waals surface area (Å²) in [7, 11) is 0. The molecule has 4 amide bonds. The highest BCUT2D eigenvalue weighted by Crippen LogP contribution is 2.18. The number of nitrogens with two attached hydrogens (primary N) is 1. The molecule has 12 nitrogen and oxygen atoms in total. The van der Waals surface area contributed by atoms with Crippen LogP contribution >= 0.6 is 0 Å². The second-order valence-electron chi connectivity index (χ2n) is 9.61. The highest BCUT2D eigenvalue weighted by atomic mass is 16.5. The van der Waals surface area contributed by atoms with Crippen molar-refractivity contribution in [2.24, 2.45) is 11.7 Å². The molecule has 0 unspecified atom stereocenters. The van der Waals surface area contributed by atoms with Gasteiger partial charge in [0, 0.05) is 42.9 Å². The van der Waals surface area contributed by atoms with Gasteiger partial charge in [-0.15, -0.1) is 0 Å². The third kappa shape index (κ3) is 12.0. The lowest BCUT2D eigenvalue weighted by atomic mass is 10.1. The largest absolute Gasteiger partial charge is 0.461 e. The van der Waals surface area contributed by atoms with E-state index in [0.717, 1.165) is 6.42 Å². The molecule has 0 bridgehead atoms. The Bertz CT molecular complexity index is 1060. The van der Waals surface area contributed by atoms with Crippen molar-refractivity contribution in [2.75, 3.05) is 31.6 Å². The predicted molar refractivity (Wildman–Crippen MR) is 151 cm³/mol. The van der Waals surface area contributed by atoms with Crippen molar-refractivity contribution in [1.29, 1.82) is 0 Å². The molecule has 1 aromatic carbocycles. The van der Waals surface area contributed by atoms with Gasteiger partial charge in [-0.25, -0.2) is 0 Å². The van der Waals surface area contributed by atoms with E-state index in [-0.39, 0.29) is 50.1 Å². The van der Waals surface area contributed by atoms with Crippen LogP contribution in [0, 0.1) is 5.92 Å². The summed E-state index contributed by atoms with van der Waals surface area (Å²) in [6, 6.07) is 2.57. The van der Waals surface area contributed by atoms with Gasteiger partial charge in [-0.1, -0.05) is 33.4 Å². The van der Waals surface area contributed by atoms with Crippen LogP contribution < -0.4 is 27.0 Å². The maximum Gasteiger partial charge on any atom is 0.308 e. The number of amides is 4. The molecule has 0 spiro atoms. The van der Waals surface area contributed by atoms with Crippen LogP contribution in [0.5, 0.6) is 0 Å². The van der Waals surface area contributed by atoms with Crippen molar-refractivity contribution in [1.82, 2.24) is 16.0 Å². The molecular formula is C28H43N5O7. The molecule has 0 aliphatic heterocycles. The van der Waals surface area contributed by atoms with Crippen molar-refractivity contribution in [3.63, 3.8) is 0 Å². The average molecular weight is 562 g/mol. The molecule has 0 aliphatic carbocycles. The topological polar surface area (TPSA) is 178 Å². The molecule has 0 fully saturated rings. The zero-order chi connectivity index (χ0) is 30.2. The van der Waals surface area contributed by atoms with Crippen LogP contribution in [-0.2, 0) is 35.3 Å². The van der Waals surface area contributed by atoms with Gasteiger partial charge in [0.2, 0.25) is 17.7 Å². The summed E-state index contributed by atoms with van der Waals surface area (Å²) in [5.74, 6) is -2.72. The van der Waals surface area contributed by atoms with E-state index < -0.39 is 35.8 Å². The number of esters is 1. The zero-order valence-corrected chi connectivity index (χ0v) is 24.1. The van der Waals surface area contributed by atoms with Crippen molar-refractivity contribution in [3.8, 4) is 0 Å². The second kappa shape index (κ2) is 17.7. The number of carbonyl (C=O) groups is 5. The Labute approximate surface area is 235 Å². The SMILES string of the molecule is C=C(C)[C@H](NC(=O)CCOCCC)C(=O)N[C@@H](C)C(=O)Nc1ccc(COC(=O)C(C)C)c(C(=O)NCCN)c1. The van der Waals surface area contributed by atoms with Crippen LogP contribution in [0.3, 0.4) is 0 Å². The summed E-state index contributed by atoms with van der Waals surface area (Å²) in [6.45, 7) is 13.3. The fourth-order valence-corrected chi connectivity index (χ4v) is 3.26. The highest BCUT2D eigenvalue weighted by molar-refractivity contribution is 6.01. The summed E-state index contributed by atoms with van der Waals surface area (Å²) >= 11 is 0. The van der Waals surface area contributed by atoms with Gasteiger partial charge in [0.15, 0.2) is 0 Å². The van der Waals surface area contributed by atoms with E-state index in [1.807, 2.05) is 6.92 Å². The van der Waals surface area contributed by atoms with E-state index >= 15 is 0 Å². The number of rotatable bonds is 17. The molecule has 0 aliphatic rings. The molecule has 0 saturated carbocycles. The van der Waals surface area contributed by atoms with Gasteiger partial charge < -0.3 is 36.5 Å². The minimum absolute atomic E-state index is 0.0843. The van der Waals surface area contributed by atoms with E-state index in [1.54, 1.807) is 32.9 Å². The normalized spacial score (nSPS) is 12.2. The van der Waals surface area contributed by atoms with Gasteiger partial charge in [-0.3, -0.25) is 24.0 Å². The van der Waals surface area contributed by atoms with Gasteiger partial charge in [-0.2, -0.15) is 0 Å². The highest BCUT2D eigenvalue weighted by Gasteiger charge is 2.25. The van der Waals surface area contributed by atoms with Crippen molar-refractivity contribution in [2.45, 2.75) is 66.2 Å². The number of ether oxygens (including phenoxy) is 2. The second-order valence-corrected chi connectivity index (χ2v) is 9.61. The Morgan fingerprint density at radius 1 is 1.02 bits per heavy atom. The lowest BCUT2D eigenvalue weighted by Gasteiger charge is -2.21. The first-order valence-corrected chi connectivity index (χ1v) is 13.3. The summed E-state index contributed by atoms with van der Waals surface area (Å²) in [5.41, 5.74) is 6.82. The van der Waals surface area contributed by atoms with Crippen LogP contribution in [0.25, 0.3) is 0 Å². The third-order valence-corrected chi connectivity index (χ3v) is 5.53. The molecule has 1 rings (SSSR count). The maximum atomic E-state index is 12.9. The molecule has 6 N–H and O–H groups in total. The minimum atomic E-state index is -1.03. The molecule has 0 aromatic heterocycles. The van der Waals surface area contributed by atoms with Crippen LogP contribution in [0.4, 0.5) is 5.69 Å². The Kier molecular flexibility index (Phi) is 15.2. The fourth-order valence-electron chi connectivity index (χ4n) is 3.26. The van der Waals surface area contributed by atoms with Crippen LogP contribution in [0.15, 0.2) is 30.4 Å². The smallest absolute Gasteiger partial charge is 0.308 e. The first kappa shape index (κ1) is 34.3. The molecule has 40 heavy (non-hydrogen) atoms. The first-order valence-electron chi connectivity index (χ1n) is 13.3. The summed E-state index contributed by atoms with van der Waals surface area (Å²) in [6.07, 6.45) is 0.917. The van der Waals surface area contributed by atoms with Crippen LogP contribution in [-0.4, -0.2) is 68.0 Å². The molecule has 0 heterocycles. The average Bonchev–Trinajstić information content (AvgIpc) is 2.91. The molecule has 0 radical (unpaired) electrons. The molecule has 1 aromatic rings. The zero-order valence-electron chi connectivity index (χ0n) is 24.1. The van der Waals surface area contributed by atoms with Crippen molar-refractivity contribution < 1.29 is 33.4 Å². The lowest BCUT2D eigenvalue weighted by molar-refractivity contribution is -0.148. The Balaban J connectivity index is 2.91. The molecule has 12 heteroatoms. The fraction of sp³-hybridized carbons (Fsp3) is 0.536. The minimum Gasteiger partial charge on any atom is -0.461 e. The van der Waals surface area contributed by atoms with Gasteiger partial charge in [0.05, 0.1) is 12.5 Å². The Hall–Kier alpha value is -3.77. The predicted octanol–water partition coefficient (Wildman–Crippen LogP) is 1.40. The number of hydrogen-bond donors (Lipinski definition) is 5. The Morgan fingerprint density at radius 3 is 2.33 bits per heavy atom. The molecule has 0 saturated heterocycles. The van der Waals surface area contributed by atoms with E-state index in [2.05, 4.69) is 27.8 Å². The first-order chi connectivity index (χ1) is 18.9.